The first kappa shape index (κ1) is 13.5. The molecule has 1 aromatic heterocycles. The van der Waals surface area contributed by atoms with Crippen LogP contribution in [0.5, 0.6) is 0 Å². The minimum absolute atomic E-state index is 0.0451. The quantitative estimate of drug-likeness (QED) is 0.376. The van der Waals surface area contributed by atoms with Gasteiger partial charge in [0.2, 0.25) is 11.5 Å². The summed E-state index contributed by atoms with van der Waals surface area (Å²) in [5.74, 6) is -0.424. The van der Waals surface area contributed by atoms with E-state index in [4.69, 9.17) is 4.42 Å². The molecule has 1 aromatic carbocycles. The van der Waals surface area contributed by atoms with Crippen LogP contribution < -0.4 is 10.9 Å². The van der Waals surface area contributed by atoms with Crippen molar-refractivity contribution in [3.8, 4) is 0 Å². The summed E-state index contributed by atoms with van der Waals surface area (Å²) in [6.45, 7) is 1.25. The summed E-state index contributed by atoms with van der Waals surface area (Å²) < 4.78 is 5.55. The lowest BCUT2D eigenvalue weighted by Crippen LogP contribution is -2.14. The van der Waals surface area contributed by atoms with E-state index >= 15 is 0 Å². The number of nitro groups is 1. The normalized spacial score (nSPS) is 10.4. The maximum atomic E-state index is 11.6. The molecule has 0 aliphatic heterocycles. The molecule has 0 aliphatic carbocycles. The summed E-state index contributed by atoms with van der Waals surface area (Å²) in [4.78, 5) is 32.9. The van der Waals surface area contributed by atoms with Gasteiger partial charge in [0.25, 0.3) is 0 Å². The lowest BCUT2D eigenvalue weighted by molar-refractivity contribution is -0.383. The zero-order chi connectivity index (χ0) is 14.2. The number of anilines is 1. The van der Waals surface area contributed by atoms with Gasteiger partial charge in [-0.3, -0.25) is 14.9 Å². The second-order valence-electron chi connectivity index (χ2n) is 3.73. The molecule has 0 aliphatic rings. The van der Waals surface area contributed by atoms with Gasteiger partial charge in [-0.1, -0.05) is 0 Å². The van der Waals surface area contributed by atoms with Crippen LogP contribution in [0.4, 0.5) is 11.4 Å². The van der Waals surface area contributed by atoms with Gasteiger partial charge in [0, 0.05) is 21.9 Å². The van der Waals surface area contributed by atoms with Crippen molar-refractivity contribution in [3.05, 3.63) is 42.3 Å². The number of rotatable bonds is 2. The SMILES string of the molecule is CC(=O)Nc1cc2cc(I)cc([N+](=O)[O-])c2oc1=O. The molecule has 7 nitrogen and oxygen atoms in total. The first-order valence-corrected chi connectivity index (χ1v) is 6.16. The fourth-order valence-electron chi connectivity index (χ4n) is 1.59. The number of nitrogens with one attached hydrogen (secondary N) is 1. The number of benzene rings is 1. The van der Waals surface area contributed by atoms with E-state index in [9.17, 15) is 19.7 Å². The molecule has 0 unspecified atom stereocenters. The monoisotopic (exact) mass is 374 g/mol. The van der Waals surface area contributed by atoms with Crippen molar-refractivity contribution >= 4 is 50.8 Å². The number of nitrogens with zero attached hydrogens (tertiary/aromatic N) is 1. The summed E-state index contributed by atoms with van der Waals surface area (Å²) >= 11 is 1.92. The van der Waals surface area contributed by atoms with Crippen LogP contribution in [-0.2, 0) is 4.79 Å². The number of halogens is 1. The zero-order valence-electron chi connectivity index (χ0n) is 9.60. The van der Waals surface area contributed by atoms with Gasteiger partial charge in [-0.25, -0.2) is 4.79 Å². The second kappa shape index (κ2) is 4.96. The Labute approximate surface area is 119 Å². The molecule has 1 heterocycles. The molecule has 0 radical (unpaired) electrons. The minimum atomic E-state index is -0.827. The average molecular weight is 374 g/mol. The molecule has 19 heavy (non-hydrogen) atoms. The Morgan fingerprint density at radius 1 is 1.42 bits per heavy atom. The Hall–Kier alpha value is -1.97. The third-order valence-electron chi connectivity index (χ3n) is 2.28. The first-order chi connectivity index (χ1) is 8.88. The number of carbonyl (C=O) groups is 1. The van der Waals surface area contributed by atoms with Crippen molar-refractivity contribution in [2.75, 3.05) is 5.32 Å². The van der Waals surface area contributed by atoms with Crippen LogP contribution >= 0.6 is 22.6 Å². The number of nitro benzene ring substituents is 1. The van der Waals surface area contributed by atoms with Gasteiger partial charge < -0.3 is 9.73 Å². The summed E-state index contributed by atoms with van der Waals surface area (Å²) in [7, 11) is 0. The molecule has 2 aromatic rings. The highest BCUT2D eigenvalue weighted by atomic mass is 127. The van der Waals surface area contributed by atoms with Crippen molar-refractivity contribution in [1.82, 2.24) is 0 Å². The van der Waals surface area contributed by atoms with Gasteiger partial charge in [-0.2, -0.15) is 0 Å². The summed E-state index contributed by atoms with van der Waals surface area (Å²) in [5, 5.41) is 13.6. The van der Waals surface area contributed by atoms with Gasteiger partial charge in [-0.05, 0) is 34.7 Å². The van der Waals surface area contributed by atoms with Gasteiger partial charge in [0.1, 0.15) is 5.69 Å². The maximum absolute atomic E-state index is 11.6. The van der Waals surface area contributed by atoms with Crippen molar-refractivity contribution in [3.63, 3.8) is 0 Å². The lowest BCUT2D eigenvalue weighted by Gasteiger charge is -2.03. The number of amides is 1. The highest BCUT2D eigenvalue weighted by Crippen LogP contribution is 2.28. The molecule has 1 amide bonds. The Morgan fingerprint density at radius 2 is 2.11 bits per heavy atom. The molecule has 2 rings (SSSR count). The van der Waals surface area contributed by atoms with Crippen molar-refractivity contribution < 1.29 is 14.1 Å². The van der Waals surface area contributed by atoms with E-state index < -0.39 is 16.5 Å². The van der Waals surface area contributed by atoms with Crippen LogP contribution in [-0.4, -0.2) is 10.8 Å². The van der Waals surface area contributed by atoms with E-state index in [1.54, 1.807) is 6.07 Å². The Balaban J connectivity index is 2.77. The zero-order valence-corrected chi connectivity index (χ0v) is 11.8. The summed E-state index contributed by atoms with van der Waals surface area (Å²) in [6, 6.07) is 4.29. The second-order valence-corrected chi connectivity index (χ2v) is 4.97. The third-order valence-corrected chi connectivity index (χ3v) is 2.91. The average Bonchev–Trinajstić information content (AvgIpc) is 2.29. The van der Waals surface area contributed by atoms with Gasteiger partial charge in [-0.15, -0.1) is 0 Å². The number of carbonyl (C=O) groups excluding carboxylic acids is 1. The molecule has 0 fully saturated rings. The smallest absolute Gasteiger partial charge is 0.360 e. The summed E-state index contributed by atoms with van der Waals surface area (Å²) in [5.41, 5.74) is -1.26. The highest BCUT2D eigenvalue weighted by molar-refractivity contribution is 14.1. The molecule has 1 N–H and O–H groups in total. The fourth-order valence-corrected chi connectivity index (χ4v) is 2.22. The Bertz CT molecular complexity index is 753. The molecular weight excluding hydrogens is 367 g/mol. The third kappa shape index (κ3) is 2.72. The number of hydrogen-bond acceptors (Lipinski definition) is 5. The lowest BCUT2D eigenvalue weighted by atomic mass is 10.2. The van der Waals surface area contributed by atoms with Crippen LogP contribution in [0.25, 0.3) is 11.0 Å². The Morgan fingerprint density at radius 3 is 2.68 bits per heavy atom. The van der Waals surface area contributed by atoms with E-state index in [1.165, 1.54) is 19.1 Å². The Kier molecular flexibility index (Phi) is 3.51. The molecule has 0 spiro atoms. The fraction of sp³-hybridized carbons (Fsp3) is 0.0909. The molecule has 98 valence electrons. The van der Waals surface area contributed by atoms with Crippen LogP contribution in [0.3, 0.4) is 0 Å². The van der Waals surface area contributed by atoms with Gasteiger partial charge in [0.05, 0.1) is 4.92 Å². The first-order valence-electron chi connectivity index (χ1n) is 5.08. The molecule has 0 saturated heterocycles. The standard InChI is InChI=1S/C11H7IN2O5/c1-5(15)13-8-3-6-2-7(12)4-9(14(17)18)10(6)19-11(8)16/h2-4H,1H3,(H,13,15). The van der Waals surface area contributed by atoms with Crippen molar-refractivity contribution in [1.29, 1.82) is 0 Å². The number of fused-ring (bicyclic) bond motifs is 1. The van der Waals surface area contributed by atoms with E-state index in [1.807, 2.05) is 22.6 Å². The van der Waals surface area contributed by atoms with Gasteiger partial charge in [0.15, 0.2) is 0 Å². The molecule has 0 atom stereocenters. The van der Waals surface area contributed by atoms with Crippen LogP contribution in [0.1, 0.15) is 6.92 Å². The van der Waals surface area contributed by atoms with Crippen LogP contribution in [0.15, 0.2) is 27.4 Å². The van der Waals surface area contributed by atoms with E-state index in [-0.39, 0.29) is 17.0 Å². The topological polar surface area (TPSA) is 102 Å². The predicted octanol–water partition coefficient (Wildman–Crippen LogP) is 2.26. The van der Waals surface area contributed by atoms with Crippen LogP contribution in [0.2, 0.25) is 0 Å². The van der Waals surface area contributed by atoms with E-state index in [0.29, 0.717) is 8.96 Å². The van der Waals surface area contributed by atoms with Crippen molar-refractivity contribution in [2.45, 2.75) is 6.92 Å². The largest absolute Gasteiger partial charge is 0.414 e. The van der Waals surface area contributed by atoms with E-state index in [0.717, 1.165) is 0 Å². The van der Waals surface area contributed by atoms with Gasteiger partial charge >= 0.3 is 11.3 Å². The number of hydrogen-bond donors (Lipinski definition) is 1. The van der Waals surface area contributed by atoms with Crippen molar-refractivity contribution in [2.24, 2.45) is 0 Å². The molecule has 0 saturated carbocycles. The minimum Gasteiger partial charge on any atom is -0.414 e. The predicted molar refractivity (Wildman–Crippen MR) is 76.2 cm³/mol. The molecule has 8 heteroatoms. The summed E-state index contributed by atoms with van der Waals surface area (Å²) in [6.07, 6.45) is 0. The van der Waals surface area contributed by atoms with Crippen LogP contribution in [0, 0.1) is 13.7 Å². The molecule has 0 bridgehead atoms. The highest BCUT2D eigenvalue weighted by Gasteiger charge is 2.18. The maximum Gasteiger partial charge on any atom is 0.360 e. The number of non-ortho nitro benzene ring substituents is 1. The molecular formula is C11H7IN2O5. The van der Waals surface area contributed by atoms with E-state index in [2.05, 4.69) is 5.32 Å².